The molecule has 0 atom stereocenters. The Kier molecular flexibility index (Phi) is 7.64. The van der Waals surface area contributed by atoms with Crippen LogP contribution in [0.15, 0.2) is 44.9 Å². The quantitative estimate of drug-likeness (QED) is 0.302. The highest BCUT2D eigenvalue weighted by Crippen LogP contribution is 2.37. The average Bonchev–Trinajstić information content (AvgIpc) is 3.37. The Morgan fingerprint density at radius 1 is 1.10 bits per heavy atom. The third-order valence-electron chi connectivity index (χ3n) is 7.11. The Morgan fingerprint density at radius 2 is 1.85 bits per heavy atom. The number of nitrogens with zero attached hydrogens (tertiary/aromatic N) is 4. The van der Waals surface area contributed by atoms with Gasteiger partial charge in [0.05, 0.1) is 25.1 Å². The molecule has 2 aromatic heterocycles. The molecule has 3 N–H and O–H groups in total. The number of benzene rings is 2. The van der Waals surface area contributed by atoms with Gasteiger partial charge in [-0.2, -0.15) is 0 Å². The summed E-state index contributed by atoms with van der Waals surface area (Å²) in [6.07, 6.45) is 0.637. The first kappa shape index (κ1) is 27.7. The lowest BCUT2D eigenvalue weighted by molar-refractivity contribution is 0.0945. The van der Waals surface area contributed by atoms with Crippen molar-refractivity contribution in [2.24, 2.45) is 4.99 Å². The minimum atomic E-state index is -0.638. The molecule has 0 radical (unpaired) electrons. The van der Waals surface area contributed by atoms with Gasteiger partial charge in [0.2, 0.25) is 5.69 Å². The van der Waals surface area contributed by atoms with Crippen molar-refractivity contribution in [3.63, 3.8) is 0 Å². The summed E-state index contributed by atoms with van der Waals surface area (Å²) >= 11 is 0. The van der Waals surface area contributed by atoms with Crippen LogP contribution >= 0.6 is 0 Å². The van der Waals surface area contributed by atoms with E-state index in [9.17, 15) is 14.4 Å². The molecule has 2 aromatic carbocycles. The Labute approximate surface area is 235 Å². The number of carbonyl (C=O) groups is 1. The summed E-state index contributed by atoms with van der Waals surface area (Å²) in [5, 5.41) is 10.8. The smallest absolute Gasteiger partial charge is 0.330 e. The van der Waals surface area contributed by atoms with E-state index >= 15 is 0 Å². The first-order valence-electron chi connectivity index (χ1n) is 13.4. The zero-order valence-corrected chi connectivity index (χ0v) is 23.8. The van der Waals surface area contributed by atoms with Crippen LogP contribution in [0.5, 0.6) is 11.5 Å². The van der Waals surface area contributed by atoms with Crippen LogP contribution in [0.4, 0.5) is 5.69 Å². The zero-order chi connectivity index (χ0) is 29.3. The van der Waals surface area contributed by atoms with Crippen molar-refractivity contribution in [2.45, 2.75) is 47.2 Å². The molecule has 12 nitrogen and oxygen atoms in total. The standard InChI is InChI=1S/C29H33N7O5/c1-6-41-23-13-19-7-9-35-21(20(19)14-22(23)40-5)15-24(31-25-17(3)11-16(2)12-18(25)4)36(29(35)39)10-8-30-27(37)26-28(38)33-34-32-26/h11-15H,6-10H2,1-5H3,(H,30,37)(H2,32,33,34,38). The van der Waals surface area contributed by atoms with E-state index in [1.165, 1.54) is 0 Å². The monoisotopic (exact) mass is 559 g/mol. The summed E-state index contributed by atoms with van der Waals surface area (Å²) in [6.45, 7) is 9.13. The van der Waals surface area contributed by atoms with Crippen molar-refractivity contribution in [1.29, 1.82) is 0 Å². The lowest BCUT2D eigenvalue weighted by Crippen LogP contribution is -2.44. The van der Waals surface area contributed by atoms with E-state index in [1.807, 2.05) is 45.9 Å². The number of hydrogen-bond acceptors (Lipinski definition) is 7. The maximum atomic E-state index is 14.0. The number of nitrogens with one attached hydrogen (secondary N) is 3. The summed E-state index contributed by atoms with van der Waals surface area (Å²) in [5.74, 6) is 0.613. The number of aromatic amines is 2. The number of H-pyrrole nitrogens is 2. The van der Waals surface area contributed by atoms with Gasteiger partial charge < -0.3 is 14.8 Å². The summed E-state index contributed by atoms with van der Waals surface area (Å²) in [6, 6.07) is 9.89. The van der Waals surface area contributed by atoms with Crippen molar-refractivity contribution >= 4 is 11.6 Å². The molecule has 41 heavy (non-hydrogen) atoms. The molecule has 0 saturated carbocycles. The fourth-order valence-corrected chi connectivity index (χ4v) is 5.30. The average molecular weight is 560 g/mol. The second kappa shape index (κ2) is 11.3. The maximum absolute atomic E-state index is 14.0. The Bertz CT molecular complexity index is 1800. The van der Waals surface area contributed by atoms with Gasteiger partial charge in [0.1, 0.15) is 5.49 Å². The zero-order valence-electron chi connectivity index (χ0n) is 23.8. The summed E-state index contributed by atoms with van der Waals surface area (Å²) in [5.41, 5.74) is 5.83. The molecule has 0 spiro atoms. The number of aryl methyl sites for hydroxylation is 4. The maximum Gasteiger partial charge on any atom is 0.330 e. The van der Waals surface area contributed by atoms with Crippen LogP contribution < -0.4 is 31.5 Å². The molecule has 1 aliphatic heterocycles. The van der Waals surface area contributed by atoms with E-state index in [-0.39, 0.29) is 24.5 Å². The van der Waals surface area contributed by atoms with E-state index in [4.69, 9.17) is 14.5 Å². The SMILES string of the molecule is CCOc1cc2c(cc1OC)-c1cc(=Nc3c(C)cc(C)cc3C)n(CCNC(=O)c3n[nH][nH]c3=O)c(=O)n1CC2. The van der Waals surface area contributed by atoms with Gasteiger partial charge in [0, 0.05) is 31.3 Å². The molecule has 0 saturated heterocycles. The van der Waals surface area contributed by atoms with Crippen LogP contribution in [0.1, 0.15) is 39.7 Å². The minimum absolute atomic E-state index is 0.0842. The molecule has 0 bridgehead atoms. The van der Waals surface area contributed by atoms with Crippen molar-refractivity contribution in [3.8, 4) is 22.8 Å². The Morgan fingerprint density at radius 3 is 2.51 bits per heavy atom. The highest BCUT2D eigenvalue weighted by Gasteiger charge is 2.23. The van der Waals surface area contributed by atoms with Gasteiger partial charge in [-0.25, -0.2) is 20.1 Å². The topological polar surface area (TPSA) is 148 Å². The predicted molar refractivity (Wildman–Crippen MR) is 153 cm³/mol. The minimum Gasteiger partial charge on any atom is -0.493 e. The van der Waals surface area contributed by atoms with Gasteiger partial charge in [-0.3, -0.25) is 18.7 Å². The van der Waals surface area contributed by atoms with E-state index in [2.05, 4.69) is 32.9 Å². The molecule has 0 unspecified atom stereocenters. The lowest BCUT2D eigenvalue weighted by atomic mass is 9.97. The molecule has 1 aliphatic rings. The highest BCUT2D eigenvalue weighted by molar-refractivity contribution is 5.91. The molecular weight excluding hydrogens is 526 g/mol. The highest BCUT2D eigenvalue weighted by atomic mass is 16.5. The van der Waals surface area contributed by atoms with Crippen LogP contribution in [-0.4, -0.2) is 50.7 Å². The molecule has 5 rings (SSSR count). The summed E-state index contributed by atoms with van der Waals surface area (Å²) < 4.78 is 14.7. The number of methoxy groups -OCH3 is 1. The normalized spacial score (nSPS) is 12.6. The van der Waals surface area contributed by atoms with Gasteiger partial charge in [0.15, 0.2) is 11.5 Å². The van der Waals surface area contributed by atoms with Gasteiger partial charge in [-0.1, -0.05) is 17.7 Å². The van der Waals surface area contributed by atoms with Crippen LogP contribution in [0, 0.1) is 20.8 Å². The Hall–Kier alpha value is -4.87. The van der Waals surface area contributed by atoms with Crippen LogP contribution in [-0.2, 0) is 19.5 Å². The van der Waals surface area contributed by atoms with E-state index < -0.39 is 11.5 Å². The molecule has 4 aromatic rings. The van der Waals surface area contributed by atoms with Crippen LogP contribution in [0.3, 0.4) is 0 Å². The second-order valence-electron chi connectivity index (χ2n) is 9.96. The molecule has 0 fully saturated rings. The fourth-order valence-electron chi connectivity index (χ4n) is 5.30. The predicted octanol–water partition coefficient (Wildman–Crippen LogP) is 2.28. The van der Waals surface area contributed by atoms with Gasteiger partial charge >= 0.3 is 5.69 Å². The van der Waals surface area contributed by atoms with Crippen molar-refractivity contribution in [3.05, 3.63) is 84.6 Å². The first-order chi connectivity index (χ1) is 19.7. The number of rotatable bonds is 8. The number of ether oxygens (including phenoxy) is 2. The van der Waals surface area contributed by atoms with Gasteiger partial charge in [-0.15, -0.1) is 5.10 Å². The number of amides is 1. The molecule has 3 heterocycles. The largest absolute Gasteiger partial charge is 0.493 e. The third-order valence-corrected chi connectivity index (χ3v) is 7.11. The molecule has 12 heteroatoms. The van der Waals surface area contributed by atoms with Gasteiger partial charge in [-0.05, 0) is 62.9 Å². The summed E-state index contributed by atoms with van der Waals surface area (Å²) in [7, 11) is 1.59. The molecule has 214 valence electrons. The van der Waals surface area contributed by atoms with E-state index in [0.29, 0.717) is 36.6 Å². The molecular formula is C29H33N7O5. The number of aromatic nitrogens is 5. The van der Waals surface area contributed by atoms with Crippen LogP contribution in [0.25, 0.3) is 11.3 Å². The van der Waals surface area contributed by atoms with Crippen molar-refractivity contribution < 1.29 is 14.3 Å². The van der Waals surface area contributed by atoms with E-state index in [1.54, 1.807) is 16.2 Å². The fraction of sp³-hybridized carbons (Fsp3) is 0.345. The third kappa shape index (κ3) is 5.32. The van der Waals surface area contributed by atoms with Crippen molar-refractivity contribution in [2.75, 3.05) is 20.3 Å². The second-order valence-corrected chi connectivity index (χ2v) is 9.96. The van der Waals surface area contributed by atoms with Crippen molar-refractivity contribution in [1.82, 2.24) is 29.9 Å². The van der Waals surface area contributed by atoms with Crippen LogP contribution in [0.2, 0.25) is 0 Å². The molecule has 0 aliphatic carbocycles. The first-order valence-corrected chi connectivity index (χ1v) is 13.4. The molecule has 1 amide bonds. The summed E-state index contributed by atoms with van der Waals surface area (Å²) in [4.78, 5) is 43.2. The van der Waals surface area contributed by atoms with E-state index in [0.717, 1.165) is 39.2 Å². The number of hydrogen-bond donors (Lipinski definition) is 3. The lowest BCUT2D eigenvalue weighted by Gasteiger charge is -2.25. The number of fused-ring (bicyclic) bond motifs is 3. The number of carbonyl (C=O) groups excluding carboxylic acids is 1. The Balaban J connectivity index is 1.64. The van der Waals surface area contributed by atoms with Gasteiger partial charge in [0.25, 0.3) is 11.5 Å².